The molecule has 6 heteroatoms. The number of hydrogen-bond acceptors (Lipinski definition) is 5. The number of aromatic nitrogens is 1. The number of nitrogens with zero attached hydrogens (tertiary/aromatic N) is 1. The van der Waals surface area contributed by atoms with E-state index in [-0.39, 0.29) is 12.4 Å². The zero-order chi connectivity index (χ0) is 11.7. The second-order valence-corrected chi connectivity index (χ2v) is 4.67. The van der Waals surface area contributed by atoms with Gasteiger partial charge in [0, 0.05) is 17.4 Å². The highest BCUT2D eigenvalue weighted by Crippen LogP contribution is 2.34. The van der Waals surface area contributed by atoms with Crippen molar-refractivity contribution in [2.45, 2.75) is 6.42 Å². The lowest BCUT2D eigenvalue weighted by atomic mass is 10.1. The summed E-state index contributed by atoms with van der Waals surface area (Å²) in [6.45, 7) is 1.39. The summed E-state index contributed by atoms with van der Waals surface area (Å²) in [6.07, 6.45) is 0.910. The van der Waals surface area contributed by atoms with Crippen molar-refractivity contribution in [2.75, 3.05) is 18.9 Å². The minimum atomic E-state index is 0. The molecule has 0 atom stereocenters. The van der Waals surface area contributed by atoms with Gasteiger partial charge in [-0.3, -0.25) is 0 Å². The summed E-state index contributed by atoms with van der Waals surface area (Å²) >= 11 is 1.44. The van der Waals surface area contributed by atoms with Gasteiger partial charge in [-0.1, -0.05) is 0 Å². The maximum absolute atomic E-state index is 5.64. The van der Waals surface area contributed by atoms with Gasteiger partial charge in [0.2, 0.25) is 0 Å². The maximum atomic E-state index is 5.64. The molecule has 1 aromatic heterocycles. The zero-order valence-corrected chi connectivity index (χ0v) is 11.1. The standard InChI is InChI=1S/C12H12N2O2S.ClH/c13-12-14-9(7-17-12)8-2-3-10-11(6-8)16-5-1-4-15-10;/h2-3,6-7H,1,4-5H2,(H2,13,14);1H/p-1. The van der Waals surface area contributed by atoms with Gasteiger partial charge in [0.1, 0.15) is 0 Å². The monoisotopic (exact) mass is 283 g/mol. The smallest absolute Gasteiger partial charge is 0.180 e. The van der Waals surface area contributed by atoms with Crippen LogP contribution in [0.4, 0.5) is 5.13 Å². The number of anilines is 1. The molecule has 0 saturated heterocycles. The Morgan fingerprint density at radius 3 is 2.67 bits per heavy atom. The molecule has 1 aromatic carbocycles. The Hall–Kier alpha value is -1.46. The lowest BCUT2D eigenvalue weighted by Gasteiger charge is -2.07. The fraction of sp³-hybridized carbons (Fsp3) is 0.250. The van der Waals surface area contributed by atoms with Gasteiger partial charge in [-0.15, -0.1) is 11.3 Å². The van der Waals surface area contributed by atoms with Gasteiger partial charge in [0.15, 0.2) is 16.6 Å². The molecule has 96 valence electrons. The van der Waals surface area contributed by atoms with Gasteiger partial charge in [0.05, 0.1) is 18.9 Å². The molecule has 1 aliphatic heterocycles. The Labute approximate surface area is 115 Å². The molecule has 0 bridgehead atoms. The quantitative estimate of drug-likeness (QED) is 0.771. The van der Waals surface area contributed by atoms with Gasteiger partial charge < -0.3 is 27.6 Å². The first-order valence-corrected chi connectivity index (χ1v) is 6.32. The lowest BCUT2D eigenvalue weighted by Crippen LogP contribution is -3.00. The number of nitrogen functional groups attached to an aromatic ring is 1. The van der Waals surface area contributed by atoms with Crippen LogP contribution < -0.4 is 27.6 Å². The number of hydrogen-bond donors (Lipinski definition) is 1. The molecule has 0 spiro atoms. The molecule has 3 rings (SSSR count). The molecule has 4 nitrogen and oxygen atoms in total. The van der Waals surface area contributed by atoms with Crippen LogP contribution in [0.25, 0.3) is 11.3 Å². The number of benzene rings is 1. The second kappa shape index (κ2) is 5.46. The van der Waals surface area contributed by atoms with Crippen LogP contribution in [0.2, 0.25) is 0 Å². The van der Waals surface area contributed by atoms with E-state index >= 15 is 0 Å². The minimum absolute atomic E-state index is 0. The van der Waals surface area contributed by atoms with E-state index in [9.17, 15) is 0 Å². The Kier molecular flexibility index (Phi) is 3.93. The van der Waals surface area contributed by atoms with Crippen molar-refractivity contribution in [3.05, 3.63) is 23.6 Å². The minimum Gasteiger partial charge on any atom is -1.00 e. The van der Waals surface area contributed by atoms with Gasteiger partial charge in [0.25, 0.3) is 0 Å². The predicted octanol–water partition coefficient (Wildman–Crippen LogP) is -0.442. The molecule has 0 fully saturated rings. The van der Waals surface area contributed by atoms with E-state index in [0.29, 0.717) is 18.3 Å². The molecule has 0 aliphatic carbocycles. The average molecular weight is 284 g/mol. The summed E-state index contributed by atoms with van der Waals surface area (Å²) < 4.78 is 11.2. The molecule has 1 aliphatic rings. The summed E-state index contributed by atoms with van der Waals surface area (Å²) in [5.74, 6) is 1.58. The van der Waals surface area contributed by atoms with Gasteiger partial charge in [-0.25, -0.2) is 4.98 Å². The fourth-order valence-electron chi connectivity index (χ4n) is 1.74. The third-order valence-corrected chi connectivity index (χ3v) is 3.24. The molecule has 0 amide bonds. The molecule has 18 heavy (non-hydrogen) atoms. The normalized spacial score (nSPS) is 13.6. The average Bonchev–Trinajstić information content (AvgIpc) is 2.64. The zero-order valence-electron chi connectivity index (χ0n) is 9.56. The van der Waals surface area contributed by atoms with E-state index in [1.54, 1.807) is 0 Å². The molecule has 0 saturated carbocycles. The first-order chi connectivity index (χ1) is 8.33. The van der Waals surface area contributed by atoms with E-state index in [2.05, 4.69) is 4.98 Å². The summed E-state index contributed by atoms with van der Waals surface area (Å²) in [4.78, 5) is 4.25. The third-order valence-electron chi connectivity index (χ3n) is 2.57. The van der Waals surface area contributed by atoms with Crippen LogP contribution in [0.3, 0.4) is 0 Å². The number of nitrogens with two attached hydrogens (primary N) is 1. The van der Waals surface area contributed by atoms with Gasteiger partial charge in [-0.2, -0.15) is 0 Å². The first kappa shape index (κ1) is 13.0. The van der Waals surface area contributed by atoms with Crippen LogP contribution in [0, 0.1) is 0 Å². The predicted molar refractivity (Wildman–Crippen MR) is 67.6 cm³/mol. The highest BCUT2D eigenvalue weighted by atomic mass is 35.5. The maximum Gasteiger partial charge on any atom is 0.180 e. The Morgan fingerprint density at radius 2 is 1.94 bits per heavy atom. The van der Waals surface area contributed by atoms with Crippen molar-refractivity contribution in [1.82, 2.24) is 4.98 Å². The molecule has 0 unspecified atom stereocenters. The van der Waals surface area contributed by atoms with Crippen molar-refractivity contribution in [2.24, 2.45) is 0 Å². The van der Waals surface area contributed by atoms with Crippen molar-refractivity contribution in [3.8, 4) is 22.8 Å². The number of ether oxygens (including phenoxy) is 2. The third kappa shape index (κ3) is 2.52. The Bertz CT molecular complexity index is 545. The van der Waals surface area contributed by atoms with Crippen LogP contribution in [0.15, 0.2) is 23.6 Å². The summed E-state index contributed by atoms with van der Waals surface area (Å²) in [6, 6.07) is 5.85. The molecule has 0 radical (unpaired) electrons. The molecule has 2 N–H and O–H groups in total. The highest BCUT2D eigenvalue weighted by molar-refractivity contribution is 7.13. The second-order valence-electron chi connectivity index (χ2n) is 3.78. The molecular formula is C12H12ClN2O2S-. The van der Waals surface area contributed by atoms with Crippen molar-refractivity contribution in [3.63, 3.8) is 0 Å². The molecule has 2 aromatic rings. The molecule has 2 heterocycles. The first-order valence-electron chi connectivity index (χ1n) is 5.44. The SMILES string of the molecule is Nc1nc(-c2ccc3c(c2)OCCCO3)cs1.[Cl-]. The van der Waals surface area contributed by atoms with Crippen molar-refractivity contribution < 1.29 is 21.9 Å². The van der Waals surface area contributed by atoms with Crippen LogP contribution in [0.1, 0.15) is 6.42 Å². The highest BCUT2D eigenvalue weighted by Gasteiger charge is 2.12. The van der Waals surface area contributed by atoms with Crippen molar-refractivity contribution >= 4 is 16.5 Å². The van der Waals surface area contributed by atoms with E-state index in [1.165, 1.54) is 11.3 Å². The Morgan fingerprint density at radius 1 is 1.17 bits per heavy atom. The van der Waals surface area contributed by atoms with Crippen LogP contribution in [-0.2, 0) is 0 Å². The van der Waals surface area contributed by atoms with Gasteiger partial charge in [-0.05, 0) is 18.2 Å². The van der Waals surface area contributed by atoms with E-state index in [4.69, 9.17) is 15.2 Å². The van der Waals surface area contributed by atoms with E-state index in [0.717, 1.165) is 29.2 Å². The Balaban J connectivity index is 0.00000120. The lowest BCUT2D eigenvalue weighted by molar-refractivity contribution is -0.00000432. The van der Waals surface area contributed by atoms with E-state index < -0.39 is 0 Å². The summed E-state index contributed by atoms with van der Waals surface area (Å²) in [5, 5.41) is 2.52. The number of rotatable bonds is 1. The van der Waals surface area contributed by atoms with E-state index in [1.807, 2.05) is 23.6 Å². The summed E-state index contributed by atoms with van der Waals surface area (Å²) in [5.41, 5.74) is 7.51. The fourth-order valence-corrected chi connectivity index (χ4v) is 2.32. The summed E-state index contributed by atoms with van der Waals surface area (Å²) in [7, 11) is 0. The topological polar surface area (TPSA) is 57.4 Å². The molecular weight excluding hydrogens is 272 g/mol. The van der Waals surface area contributed by atoms with Gasteiger partial charge >= 0.3 is 0 Å². The van der Waals surface area contributed by atoms with Crippen LogP contribution >= 0.6 is 11.3 Å². The largest absolute Gasteiger partial charge is 1.00 e. The number of fused-ring (bicyclic) bond motifs is 1. The van der Waals surface area contributed by atoms with Crippen LogP contribution in [0.5, 0.6) is 11.5 Å². The van der Waals surface area contributed by atoms with Crippen molar-refractivity contribution in [1.29, 1.82) is 0 Å². The van der Waals surface area contributed by atoms with Crippen LogP contribution in [-0.4, -0.2) is 18.2 Å². The number of thiazole rings is 1. The number of halogens is 1.